The molecule has 1 aliphatic carbocycles. The molecule has 2 heterocycles. The van der Waals surface area contributed by atoms with Crippen LogP contribution >= 0.6 is 0 Å². The van der Waals surface area contributed by atoms with Gasteiger partial charge in [-0.1, -0.05) is 5.16 Å². The van der Waals surface area contributed by atoms with Gasteiger partial charge in [-0.3, -0.25) is 0 Å². The topological polar surface area (TPSA) is 69.4 Å². The maximum atomic E-state index is 5.52. The highest BCUT2D eigenvalue weighted by Crippen LogP contribution is 2.38. The predicted octanol–water partition coefficient (Wildman–Crippen LogP) is 0.452. The fourth-order valence-corrected chi connectivity index (χ4v) is 1.83. The van der Waals surface area contributed by atoms with Crippen molar-refractivity contribution in [2.24, 2.45) is 0 Å². The first-order valence-corrected chi connectivity index (χ1v) is 6.14. The Kier molecular flexibility index (Phi) is 3.35. The summed E-state index contributed by atoms with van der Waals surface area (Å²) in [5, 5.41) is 7.15. The summed E-state index contributed by atoms with van der Waals surface area (Å²) < 4.78 is 16.2. The third-order valence-corrected chi connectivity index (χ3v) is 2.95. The van der Waals surface area contributed by atoms with E-state index in [9.17, 15) is 0 Å². The standard InChI is InChI=1S/C11H17N3O3/c1-2-8(1)11-13-10(14-17-11)7-15-6-9-5-12-3-4-16-9/h8-9,12H,1-7H2. The van der Waals surface area contributed by atoms with Crippen LogP contribution < -0.4 is 5.32 Å². The second-order valence-corrected chi connectivity index (χ2v) is 4.54. The summed E-state index contributed by atoms with van der Waals surface area (Å²) in [6, 6.07) is 0. The highest BCUT2D eigenvalue weighted by molar-refractivity contribution is 5.01. The maximum absolute atomic E-state index is 5.52. The Bertz CT molecular complexity index is 359. The first kappa shape index (κ1) is 11.1. The van der Waals surface area contributed by atoms with E-state index in [4.69, 9.17) is 14.0 Å². The largest absolute Gasteiger partial charge is 0.373 e. The Balaban J connectivity index is 1.40. The van der Waals surface area contributed by atoms with Crippen LogP contribution in [0.2, 0.25) is 0 Å². The average Bonchev–Trinajstić information content (AvgIpc) is 3.11. The van der Waals surface area contributed by atoms with E-state index in [1.165, 1.54) is 12.8 Å². The molecule has 1 aromatic rings. The molecule has 0 bridgehead atoms. The first-order valence-electron chi connectivity index (χ1n) is 6.14. The van der Waals surface area contributed by atoms with Crippen molar-refractivity contribution in [1.29, 1.82) is 0 Å². The molecule has 17 heavy (non-hydrogen) atoms. The lowest BCUT2D eigenvalue weighted by molar-refractivity contribution is -0.0371. The molecular formula is C11H17N3O3. The van der Waals surface area contributed by atoms with Crippen LogP contribution in [0.15, 0.2) is 4.52 Å². The van der Waals surface area contributed by atoms with Gasteiger partial charge < -0.3 is 19.3 Å². The molecule has 0 spiro atoms. The number of hydrogen-bond acceptors (Lipinski definition) is 6. The van der Waals surface area contributed by atoms with E-state index in [-0.39, 0.29) is 6.10 Å². The van der Waals surface area contributed by atoms with Crippen LogP contribution in [0, 0.1) is 0 Å². The van der Waals surface area contributed by atoms with E-state index in [0.717, 1.165) is 25.6 Å². The molecule has 6 heteroatoms. The molecule has 1 N–H and O–H groups in total. The minimum absolute atomic E-state index is 0.138. The van der Waals surface area contributed by atoms with Gasteiger partial charge in [0.25, 0.3) is 0 Å². The van der Waals surface area contributed by atoms with Crippen molar-refractivity contribution < 1.29 is 14.0 Å². The summed E-state index contributed by atoms with van der Waals surface area (Å²) in [4.78, 5) is 4.30. The third-order valence-electron chi connectivity index (χ3n) is 2.95. The number of aromatic nitrogens is 2. The van der Waals surface area contributed by atoms with Gasteiger partial charge in [-0.25, -0.2) is 0 Å². The van der Waals surface area contributed by atoms with Crippen LogP contribution in [0.5, 0.6) is 0 Å². The lowest BCUT2D eigenvalue weighted by Gasteiger charge is -2.22. The molecule has 0 aromatic carbocycles. The zero-order valence-electron chi connectivity index (χ0n) is 9.72. The van der Waals surface area contributed by atoms with E-state index in [1.807, 2.05) is 0 Å². The Labute approximate surface area is 99.7 Å². The van der Waals surface area contributed by atoms with Gasteiger partial charge in [0.1, 0.15) is 6.61 Å². The van der Waals surface area contributed by atoms with Gasteiger partial charge in [0, 0.05) is 19.0 Å². The van der Waals surface area contributed by atoms with Gasteiger partial charge in [0.05, 0.1) is 19.3 Å². The molecule has 1 atom stereocenters. The summed E-state index contributed by atoms with van der Waals surface area (Å²) in [5.41, 5.74) is 0. The van der Waals surface area contributed by atoms with Crippen LogP contribution in [-0.2, 0) is 16.1 Å². The number of morpholine rings is 1. The van der Waals surface area contributed by atoms with Crippen LogP contribution in [-0.4, -0.2) is 42.5 Å². The van der Waals surface area contributed by atoms with Crippen molar-refractivity contribution in [2.75, 3.05) is 26.3 Å². The predicted molar refractivity (Wildman–Crippen MR) is 58.5 cm³/mol. The van der Waals surface area contributed by atoms with Gasteiger partial charge in [-0.15, -0.1) is 0 Å². The molecule has 94 valence electrons. The molecule has 2 aliphatic rings. The van der Waals surface area contributed by atoms with Crippen molar-refractivity contribution in [1.82, 2.24) is 15.5 Å². The summed E-state index contributed by atoms with van der Waals surface area (Å²) in [6.45, 7) is 3.49. The van der Waals surface area contributed by atoms with E-state index in [2.05, 4.69) is 15.5 Å². The molecule has 1 aliphatic heterocycles. The van der Waals surface area contributed by atoms with Crippen molar-refractivity contribution in [3.63, 3.8) is 0 Å². The fraction of sp³-hybridized carbons (Fsp3) is 0.818. The monoisotopic (exact) mass is 239 g/mol. The SMILES string of the molecule is C1COC(COCc2noc(C3CC3)n2)CN1. The highest BCUT2D eigenvalue weighted by Gasteiger charge is 2.29. The molecule has 1 saturated heterocycles. The van der Waals surface area contributed by atoms with Crippen molar-refractivity contribution in [3.05, 3.63) is 11.7 Å². The van der Waals surface area contributed by atoms with Crippen LogP contribution in [0.4, 0.5) is 0 Å². The molecule has 6 nitrogen and oxygen atoms in total. The normalized spacial score (nSPS) is 25.1. The highest BCUT2D eigenvalue weighted by atomic mass is 16.5. The summed E-state index contributed by atoms with van der Waals surface area (Å²) in [7, 11) is 0. The zero-order valence-corrected chi connectivity index (χ0v) is 9.72. The lowest BCUT2D eigenvalue weighted by Crippen LogP contribution is -2.40. The molecule has 0 radical (unpaired) electrons. The molecule has 3 rings (SSSR count). The van der Waals surface area contributed by atoms with Crippen LogP contribution in [0.3, 0.4) is 0 Å². The van der Waals surface area contributed by atoms with Gasteiger partial charge in [0.2, 0.25) is 5.89 Å². The summed E-state index contributed by atoms with van der Waals surface area (Å²) in [5.74, 6) is 1.90. The number of rotatable bonds is 5. The van der Waals surface area contributed by atoms with E-state index < -0.39 is 0 Å². The number of hydrogen-bond donors (Lipinski definition) is 1. The van der Waals surface area contributed by atoms with Crippen molar-refractivity contribution >= 4 is 0 Å². The van der Waals surface area contributed by atoms with Crippen molar-refractivity contribution in [2.45, 2.75) is 31.5 Å². The van der Waals surface area contributed by atoms with Crippen LogP contribution in [0.1, 0.15) is 30.5 Å². The fourth-order valence-electron chi connectivity index (χ4n) is 1.83. The van der Waals surface area contributed by atoms with Gasteiger partial charge >= 0.3 is 0 Å². The van der Waals surface area contributed by atoms with Gasteiger partial charge in [-0.05, 0) is 12.8 Å². The molecule has 1 saturated carbocycles. The molecule has 2 fully saturated rings. The number of ether oxygens (including phenoxy) is 2. The second kappa shape index (κ2) is 5.12. The Morgan fingerprint density at radius 2 is 2.35 bits per heavy atom. The molecular weight excluding hydrogens is 222 g/mol. The quantitative estimate of drug-likeness (QED) is 0.804. The second-order valence-electron chi connectivity index (χ2n) is 4.54. The Morgan fingerprint density at radius 1 is 1.41 bits per heavy atom. The molecule has 1 unspecified atom stereocenters. The van der Waals surface area contributed by atoms with E-state index in [0.29, 0.717) is 25.0 Å². The zero-order chi connectivity index (χ0) is 11.5. The average molecular weight is 239 g/mol. The maximum Gasteiger partial charge on any atom is 0.229 e. The minimum atomic E-state index is 0.138. The Hall–Kier alpha value is -0.980. The van der Waals surface area contributed by atoms with Gasteiger partial charge in [0.15, 0.2) is 5.82 Å². The van der Waals surface area contributed by atoms with Crippen LogP contribution in [0.25, 0.3) is 0 Å². The Morgan fingerprint density at radius 3 is 3.12 bits per heavy atom. The number of nitrogens with one attached hydrogen (secondary N) is 1. The third kappa shape index (κ3) is 3.02. The number of nitrogens with zero attached hydrogens (tertiary/aromatic N) is 2. The molecule has 1 aromatic heterocycles. The summed E-state index contributed by atoms with van der Waals surface area (Å²) >= 11 is 0. The minimum Gasteiger partial charge on any atom is -0.373 e. The van der Waals surface area contributed by atoms with E-state index >= 15 is 0 Å². The van der Waals surface area contributed by atoms with Gasteiger partial charge in [-0.2, -0.15) is 4.98 Å². The van der Waals surface area contributed by atoms with E-state index in [1.54, 1.807) is 0 Å². The smallest absolute Gasteiger partial charge is 0.229 e. The summed E-state index contributed by atoms with van der Waals surface area (Å²) in [6.07, 6.45) is 2.48. The first-order chi connectivity index (χ1) is 8.42. The lowest BCUT2D eigenvalue weighted by atomic mass is 10.3. The van der Waals surface area contributed by atoms with Crippen molar-refractivity contribution in [3.8, 4) is 0 Å². The molecule has 0 amide bonds.